The summed E-state index contributed by atoms with van der Waals surface area (Å²) in [7, 11) is -5.44. The number of rotatable bonds is 7. The van der Waals surface area contributed by atoms with Crippen molar-refractivity contribution in [2.75, 3.05) is 6.61 Å². The fourth-order valence-electron chi connectivity index (χ4n) is 5.13. The number of ether oxygens (including phenoxy) is 2. The maximum Gasteiger partial charge on any atom is 0.360 e. The van der Waals surface area contributed by atoms with Crippen LogP contribution in [0.3, 0.4) is 0 Å². The van der Waals surface area contributed by atoms with Gasteiger partial charge >= 0.3 is 10.1 Å². The van der Waals surface area contributed by atoms with Crippen molar-refractivity contribution in [3.05, 3.63) is 97.3 Å². The van der Waals surface area contributed by atoms with Crippen LogP contribution in [0.2, 0.25) is 5.15 Å². The smallest absolute Gasteiger partial charge is 0.360 e. The summed E-state index contributed by atoms with van der Waals surface area (Å²) < 4.78 is 120. The average molecular weight is 698 g/mol. The van der Waals surface area contributed by atoms with E-state index in [4.69, 9.17) is 25.5 Å². The van der Waals surface area contributed by atoms with Gasteiger partial charge in [-0.3, -0.25) is 9.48 Å². The van der Waals surface area contributed by atoms with E-state index >= 15 is 0 Å². The summed E-state index contributed by atoms with van der Waals surface area (Å²) in [6.07, 6.45) is 0.460. The van der Waals surface area contributed by atoms with Crippen molar-refractivity contribution in [2.24, 2.45) is 0 Å². The molecule has 0 bridgehead atoms. The van der Waals surface area contributed by atoms with Crippen LogP contribution in [0, 0.1) is 42.9 Å². The third-order valence-electron chi connectivity index (χ3n) is 7.40. The minimum atomic E-state index is -5.44. The number of pyridine rings is 1. The Hall–Kier alpha value is -4.54. The number of hydrogen-bond acceptors (Lipinski definition) is 9. The van der Waals surface area contributed by atoms with Crippen LogP contribution in [-0.4, -0.2) is 29.8 Å². The van der Waals surface area contributed by atoms with Crippen molar-refractivity contribution in [3.8, 4) is 22.8 Å². The van der Waals surface area contributed by atoms with Gasteiger partial charge in [0.1, 0.15) is 22.6 Å². The van der Waals surface area contributed by atoms with E-state index in [0.717, 1.165) is 12.1 Å². The summed E-state index contributed by atoms with van der Waals surface area (Å²) in [5, 5.41) is 2.99. The summed E-state index contributed by atoms with van der Waals surface area (Å²) in [5.41, 5.74) is 2.23. The molecule has 0 saturated carbocycles. The van der Waals surface area contributed by atoms with E-state index in [1.54, 1.807) is 36.9 Å². The zero-order valence-electron chi connectivity index (χ0n) is 24.5. The van der Waals surface area contributed by atoms with Crippen LogP contribution in [-0.2, 0) is 28.0 Å². The molecule has 0 amide bonds. The van der Waals surface area contributed by atoms with Crippen LogP contribution in [0.1, 0.15) is 35.4 Å². The summed E-state index contributed by atoms with van der Waals surface area (Å²) in [4.78, 5) is 17.2. The van der Waals surface area contributed by atoms with Gasteiger partial charge < -0.3 is 18.1 Å². The third kappa shape index (κ3) is 5.59. The molecular weight excluding hydrogens is 677 g/mol. The van der Waals surface area contributed by atoms with Gasteiger partial charge in [0.15, 0.2) is 11.2 Å². The molecule has 1 aliphatic heterocycles. The third-order valence-corrected chi connectivity index (χ3v) is 8.77. The molecule has 246 valence electrons. The van der Waals surface area contributed by atoms with Crippen LogP contribution in [0.25, 0.3) is 22.3 Å². The number of nitrogens with zero attached hydrogens (tertiary/aromatic N) is 3. The first-order valence-corrected chi connectivity index (χ1v) is 15.5. The van der Waals surface area contributed by atoms with Gasteiger partial charge in [-0.1, -0.05) is 11.6 Å². The lowest BCUT2D eigenvalue weighted by atomic mass is 10.00. The van der Waals surface area contributed by atoms with Gasteiger partial charge in [-0.05, 0) is 50.6 Å². The molecule has 0 saturated heterocycles. The molecule has 0 aliphatic carbocycles. The number of aromatic nitrogens is 3. The zero-order valence-corrected chi connectivity index (χ0v) is 26.0. The normalized spacial score (nSPS) is 13.9. The molecule has 1 unspecified atom stereocenters. The first-order chi connectivity index (χ1) is 22.2. The standard InChI is InChI=1S/C30H21ClF5N3O7S/c1-12-8-15(28-16(9-12)26(40)13(2)27(45-28)17-10-37-39-6-7-43-11-18(17)39)14(3)44-19-4-5-20(31)38-30(19)47(41,42)46-29-24(35)22(33)21(32)23(34)25(29)36/h4-5,8-10,14H,6-7,11H2,1-3H3. The molecule has 10 nitrogen and oxygen atoms in total. The van der Waals surface area contributed by atoms with E-state index in [9.17, 15) is 35.2 Å². The van der Waals surface area contributed by atoms with Crippen molar-refractivity contribution in [1.82, 2.24) is 14.8 Å². The van der Waals surface area contributed by atoms with E-state index in [0.29, 0.717) is 35.5 Å². The van der Waals surface area contributed by atoms with Crippen LogP contribution < -0.4 is 14.3 Å². The quantitative estimate of drug-likeness (QED) is 0.0620. The van der Waals surface area contributed by atoms with Crippen molar-refractivity contribution < 1.29 is 48.4 Å². The van der Waals surface area contributed by atoms with Gasteiger partial charge in [0.2, 0.25) is 39.9 Å². The molecule has 2 aromatic carbocycles. The zero-order chi connectivity index (χ0) is 33.9. The predicted molar refractivity (Wildman–Crippen MR) is 155 cm³/mol. The molecule has 1 atom stereocenters. The van der Waals surface area contributed by atoms with Gasteiger partial charge in [0.05, 0.1) is 42.6 Å². The fraction of sp³-hybridized carbons (Fsp3) is 0.233. The topological polar surface area (TPSA) is 123 Å². The molecule has 0 N–H and O–H groups in total. The van der Waals surface area contributed by atoms with Gasteiger partial charge in [-0.15, -0.1) is 0 Å². The Morgan fingerprint density at radius 2 is 1.70 bits per heavy atom. The Balaban J connectivity index is 1.43. The van der Waals surface area contributed by atoms with Crippen molar-refractivity contribution >= 4 is 32.7 Å². The summed E-state index contributed by atoms with van der Waals surface area (Å²) in [5.74, 6) is -14.8. The number of fused-ring (bicyclic) bond motifs is 2. The van der Waals surface area contributed by atoms with E-state index in [1.807, 2.05) is 0 Å². The average Bonchev–Trinajstić information content (AvgIpc) is 3.47. The molecule has 6 rings (SSSR count). The van der Waals surface area contributed by atoms with Crippen molar-refractivity contribution in [1.29, 1.82) is 0 Å². The Kier molecular flexibility index (Phi) is 8.22. The second-order valence-electron chi connectivity index (χ2n) is 10.5. The maximum absolute atomic E-state index is 14.3. The second kappa shape index (κ2) is 11.9. The highest BCUT2D eigenvalue weighted by molar-refractivity contribution is 7.87. The first kappa shape index (κ1) is 32.4. The molecule has 0 radical (unpaired) electrons. The van der Waals surface area contributed by atoms with Gasteiger partial charge in [-0.2, -0.15) is 22.3 Å². The summed E-state index contributed by atoms with van der Waals surface area (Å²) in [6, 6.07) is 5.42. The van der Waals surface area contributed by atoms with E-state index in [2.05, 4.69) is 14.3 Å². The van der Waals surface area contributed by atoms with Crippen LogP contribution >= 0.6 is 11.6 Å². The van der Waals surface area contributed by atoms with E-state index in [-0.39, 0.29) is 34.3 Å². The van der Waals surface area contributed by atoms with E-state index < -0.39 is 67.0 Å². The van der Waals surface area contributed by atoms with Gasteiger partial charge in [0.25, 0.3) is 0 Å². The fourth-order valence-corrected chi connectivity index (χ4v) is 6.34. The molecule has 3 aromatic heterocycles. The van der Waals surface area contributed by atoms with Crippen molar-refractivity contribution in [2.45, 2.75) is 45.1 Å². The molecule has 0 fully saturated rings. The lowest BCUT2D eigenvalue weighted by Crippen LogP contribution is -2.18. The molecule has 47 heavy (non-hydrogen) atoms. The Morgan fingerprint density at radius 3 is 2.40 bits per heavy atom. The molecule has 5 aromatic rings. The highest BCUT2D eigenvalue weighted by Gasteiger charge is 2.34. The van der Waals surface area contributed by atoms with Crippen LogP contribution in [0.4, 0.5) is 22.0 Å². The lowest BCUT2D eigenvalue weighted by Gasteiger charge is -2.20. The summed E-state index contributed by atoms with van der Waals surface area (Å²) in [6.45, 7) is 6.02. The molecule has 17 heteroatoms. The van der Waals surface area contributed by atoms with Crippen LogP contribution in [0.15, 0.2) is 44.7 Å². The van der Waals surface area contributed by atoms with Gasteiger partial charge in [0, 0.05) is 11.1 Å². The molecule has 0 spiro atoms. The monoisotopic (exact) mass is 697 g/mol. The van der Waals surface area contributed by atoms with Gasteiger partial charge in [-0.25, -0.2) is 18.2 Å². The lowest BCUT2D eigenvalue weighted by molar-refractivity contribution is 0.0803. The summed E-state index contributed by atoms with van der Waals surface area (Å²) >= 11 is 5.89. The highest BCUT2D eigenvalue weighted by Crippen LogP contribution is 2.37. The Morgan fingerprint density at radius 1 is 1.02 bits per heavy atom. The molecular formula is C30H21ClF5N3O7S. The predicted octanol–water partition coefficient (Wildman–Crippen LogP) is 6.46. The SMILES string of the molecule is Cc1cc(C(C)Oc2ccc(Cl)nc2S(=O)(=O)Oc2c(F)c(F)c(F)c(F)c2F)c2oc(-c3cnn4c3COCC4)c(C)c(=O)c2c1. The van der Waals surface area contributed by atoms with Crippen LogP contribution in [0.5, 0.6) is 11.5 Å². The number of aryl methyl sites for hydroxylation is 1. The number of benzene rings is 2. The highest BCUT2D eigenvalue weighted by atomic mass is 35.5. The molecule has 1 aliphatic rings. The Bertz CT molecular complexity index is 2250. The number of halogens is 6. The molecule has 4 heterocycles. The van der Waals surface area contributed by atoms with Crippen molar-refractivity contribution in [3.63, 3.8) is 0 Å². The minimum Gasteiger partial charge on any atom is -0.483 e. The first-order valence-electron chi connectivity index (χ1n) is 13.7. The minimum absolute atomic E-state index is 0.106. The second-order valence-corrected chi connectivity index (χ2v) is 12.4. The Labute approximate surface area is 267 Å². The number of hydrogen-bond donors (Lipinski definition) is 0. The largest absolute Gasteiger partial charge is 0.483 e. The van der Waals surface area contributed by atoms with E-state index in [1.165, 1.54) is 6.92 Å². The maximum atomic E-state index is 14.3.